The van der Waals surface area contributed by atoms with E-state index in [4.69, 9.17) is 16.3 Å². The van der Waals surface area contributed by atoms with Crippen molar-refractivity contribution in [2.45, 2.75) is 0 Å². The van der Waals surface area contributed by atoms with Gasteiger partial charge in [0, 0.05) is 6.07 Å². The summed E-state index contributed by atoms with van der Waals surface area (Å²) >= 11 is 8.74. The van der Waals surface area contributed by atoms with Gasteiger partial charge in [-0.3, -0.25) is 14.9 Å². The van der Waals surface area contributed by atoms with E-state index in [1.165, 1.54) is 19.2 Å². The molecule has 0 heterocycles. The molecule has 0 atom stereocenters. The van der Waals surface area contributed by atoms with Crippen LogP contribution in [-0.4, -0.2) is 23.1 Å². The fraction of sp³-hybridized carbons (Fsp3) is 0.222. The number of nitro benzene ring substituents is 1. The van der Waals surface area contributed by atoms with E-state index in [2.05, 4.69) is 15.9 Å². The van der Waals surface area contributed by atoms with E-state index in [1.807, 2.05) is 0 Å². The van der Waals surface area contributed by atoms with Crippen LogP contribution in [0.5, 0.6) is 5.75 Å². The van der Waals surface area contributed by atoms with Crippen molar-refractivity contribution in [1.29, 1.82) is 0 Å². The molecule has 0 saturated carbocycles. The summed E-state index contributed by atoms with van der Waals surface area (Å²) in [6.07, 6.45) is 0. The quantitative estimate of drug-likeness (QED) is 0.371. The highest BCUT2D eigenvalue weighted by molar-refractivity contribution is 9.09. The monoisotopic (exact) mass is 307 g/mol. The van der Waals surface area contributed by atoms with Crippen LogP contribution in [-0.2, 0) is 0 Å². The van der Waals surface area contributed by atoms with Gasteiger partial charge in [-0.25, -0.2) is 0 Å². The first-order valence-corrected chi connectivity index (χ1v) is 5.63. The minimum atomic E-state index is -0.644. The zero-order chi connectivity index (χ0) is 12.3. The SMILES string of the molecule is COc1c(Cl)ccc([N+](=O)[O-])c1C(=O)CBr. The predicted molar refractivity (Wildman–Crippen MR) is 62.8 cm³/mol. The van der Waals surface area contributed by atoms with Crippen LogP contribution in [0.2, 0.25) is 5.02 Å². The van der Waals surface area contributed by atoms with Crippen LogP contribution in [0.4, 0.5) is 5.69 Å². The second-order valence-corrected chi connectivity index (χ2v) is 3.76. The molecule has 0 aromatic heterocycles. The molecule has 5 nitrogen and oxygen atoms in total. The molecule has 0 aliphatic carbocycles. The predicted octanol–water partition coefficient (Wildman–Crippen LogP) is 2.83. The van der Waals surface area contributed by atoms with Crippen LogP contribution in [0, 0.1) is 10.1 Å². The number of methoxy groups -OCH3 is 1. The summed E-state index contributed by atoms with van der Waals surface area (Å²) in [5, 5.41) is 10.9. The Kier molecular flexibility index (Phi) is 4.26. The molecule has 86 valence electrons. The average Bonchev–Trinajstić information content (AvgIpc) is 2.27. The Labute approximate surface area is 105 Å². The number of rotatable bonds is 4. The van der Waals surface area contributed by atoms with E-state index in [-0.39, 0.29) is 27.4 Å². The zero-order valence-electron chi connectivity index (χ0n) is 8.20. The summed E-state index contributed by atoms with van der Waals surface area (Å²) in [5.74, 6) is -0.425. The van der Waals surface area contributed by atoms with Crippen molar-refractivity contribution >= 4 is 39.0 Å². The topological polar surface area (TPSA) is 69.4 Å². The maximum atomic E-state index is 11.6. The van der Waals surface area contributed by atoms with E-state index in [9.17, 15) is 14.9 Å². The number of hydrogen-bond donors (Lipinski definition) is 0. The number of carbonyl (C=O) groups is 1. The Morgan fingerprint density at radius 3 is 2.69 bits per heavy atom. The summed E-state index contributed by atoms with van der Waals surface area (Å²) in [5.41, 5.74) is -0.428. The second-order valence-electron chi connectivity index (χ2n) is 2.79. The molecule has 0 unspecified atom stereocenters. The van der Waals surface area contributed by atoms with Crippen LogP contribution in [0.1, 0.15) is 10.4 Å². The van der Waals surface area contributed by atoms with E-state index >= 15 is 0 Å². The lowest BCUT2D eigenvalue weighted by atomic mass is 10.1. The molecule has 0 radical (unpaired) electrons. The number of alkyl halides is 1. The summed E-state index contributed by atoms with van der Waals surface area (Å²) in [7, 11) is 1.30. The lowest BCUT2D eigenvalue weighted by Crippen LogP contribution is -2.07. The third kappa shape index (κ3) is 2.33. The van der Waals surface area contributed by atoms with Gasteiger partial charge in [-0.2, -0.15) is 0 Å². The number of halogens is 2. The van der Waals surface area contributed by atoms with E-state index in [0.717, 1.165) is 0 Å². The molecule has 0 bridgehead atoms. The summed E-state index contributed by atoms with van der Waals surface area (Å²) in [4.78, 5) is 21.7. The zero-order valence-corrected chi connectivity index (χ0v) is 10.5. The minimum Gasteiger partial charge on any atom is -0.494 e. The Morgan fingerprint density at radius 2 is 2.25 bits per heavy atom. The summed E-state index contributed by atoms with van der Waals surface area (Å²) < 4.78 is 4.91. The van der Waals surface area contributed by atoms with Crippen molar-refractivity contribution in [1.82, 2.24) is 0 Å². The van der Waals surface area contributed by atoms with Crippen LogP contribution < -0.4 is 4.74 Å². The van der Waals surface area contributed by atoms with Gasteiger partial charge < -0.3 is 4.74 Å². The lowest BCUT2D eigenvalue weighted by molar-refractivity contribution is -0.385. The highest BCUT2D eigenvalue weighted by Crippen LogP contribution is 2.35. The largest absolute Gasteiger partial charge is 0.494 e. The van der Waals surface area contributed by atoms with Crippen molar-refractivity contribution in [2.75, 3.05) is 12.4 Å². The summed E-state index contributed by atoms with van der Waals surface area (Å²) in [6, 6.07) is 2.50. The molecule has 0 N–H and O–H groups in total. The van der Waals surface area contributed by atoms with Gasteiger partial charge in [0.15, 0.2) is 11.5 Å². The summed E-state index contributed by atoms with van der Waals surface area (Å²) in [6.45, 7) is 0. The first-order chi connectivity index (χ1) is 7.52. The van der Waals surface area contributed by atoms with Crippen molar-refractivity contribution in [3.8, 4) is 5.75 Å². The first kappa shape index (κ1) is 12.9. The molecular weight excluding hydrogens is 301 g/mol. The molecule has 16 heavy (non-hydrogen) atoms. The molecule has 0 saturated heterocycles. The Hall–Kier alpha value is -1.14. The van der Waals surface area contributed by atoms with Gasteiger partial charge >= 0.3 is 0 Å². The second kappa shape index (κ2) is 5.27. The Balaban J connectivity index is 3.53. The maximum absolute atomic E-state index is 11.6. The molecule has 1 rings (SSSR count). The van der Waals surface area contributed by atoms with Gasteiger partial charge in [0.25, 0.3) is 5.69 Å². The number of nitro groups is 1. The standard InChI is InChI=1S/C9H7BrClNO4/c1-16-9-5(11)2-3-6(12(14)15)8(9)7(13)4-10/h2-3H,4H2,1H3. The third-order valence-electron chi connectivity index (χ3n) is 1.89. The van der Waals surface area contributed by atoms with E-state index in [1.54, 1.807) is 0 Å². The average molecular weight is 309 g/mol. The first-order valence-electron chi connectivity index (χ1n) is 4.13. The Bertz CT molecular complexity index is 449. The van der Waals surface area contributed by atoms with E-state index in [0.29, 0.717) is 0 Å². The molecule has 0 amide bonds. The fourth-order valence-electron chi connectivity index (χ4n) is 1.23. The van der Waals surface area contributed by atoms with Crippen LogP contribution >= 0.6 is 27.5 Å². The van der Waals surface area contributed by atoms with Gasteiger partial charge in [-0.15, -0.1) is 0 Å². The van der Waals surface area contributed by atoms with Crippen molar-refractivity contribution in [3.05, 3.63) is 32.8 Å². The number of nitrogens with zero attached hydrogens (tertiary/aromatic N) is 1. The van der Waals surface area contributed by atoms with Gasteiger partial charge in [0.1, 0.15) is 5.56 Å². The van der Waals surface area contributed by atoms with Crippen LogP contribution in [0.15, 0.2) is 12.1 Å². The van der Waals surface area contributed by atoms with Gasteiger partial charge in [-0.1, -0.05) is 27.5 Å². The number of ketones is 1. The molecule has 0 spiro atoms. The molecule has 7 heteroatoms. The number of ether oxygens (including phenoxy) is 1. The number of benzene rings is 1. The van der Waals surface area contributed by atoms with E-state index < -0.39 is 10.7 Å². The normalized spacial score (nSPS) is 9.94. The minimum absolute atomic E-state index is 0.0281. The fourth-order valence-corrected chi connectivity index (χ4v) is 1.75. The van der Waals surface area contributed by atoms with Gasteiger partial charge in [0.05, 0.1) is 22.4 Å². The van der Waals surface area contributed by atoms with Crippen LogP contribution in [0.3, 0.4) is 0 Å². The molecule has 0 aliphatic rings. The molecular formula is C9H7BrClNO4. The van der Waals surface area contributed by atoms with Crippen molar-refractivity contribution in [2.24, 2.45) is 0 Å². The number of hydrogen-bond acceptors (Lipinski definition) is 4. The van der Waals surface area contributed by atoms with Gasteiger partial charge in [0.2, 0.25) is 0 Å². The maximum Gasteiger partial charge on any atom is 0.284 e. The molecule has 0 aliphatic heterocycles. The molecule has 1 aromatic rings. The molecule has 1 aromatic carbocycles. The smallest absolute Gasteiger partial charge is 0.284 e. The lowest BCUT2D eigenvalue weighted by Gasteiger charge is -2.08. The van der Waals surface area contributed by atoms with Crippen molar-refractivity contribution < 1.29 is 14.5 Å². The number of carbonyl (C=O) groups excluding carboxylic acids is 1. The third-order valence-corrected chi connectivity index (χ3v) is 2.70. The highest BCUT2D eigenvalue weighted by atomic mass is 79.9. The van der Waals surface area contributed by atoms with Crippen LogP contribution in [0.25, 0.3) is 0 Å². The highest BCUT2D eigenvalue weighted by Gasteiger charge is 2.26. The Morgan fingerprint density at radius 1 is 1.62 bits per heavy atom. The molecule has 0 fully saturated rings. The van der Waals surface area contributed by atoms with Crippen molar-refractivity contribution in [3.63, 3.8) is 0 Å². The number of Topliss-reactive ketones (excluding diaryl/α,β-unsaturated/α-hetero) is 1. The van der Waals surface area contributed by atoms with Gasteiger partial charge in [-0.05, 0) is 6.07 Å².